The Kier molecular flexibility index (Phi) is 10.5. The summed E-state index contributed by atoms with van der Waals surface area (Å²) in [4.78, 5) is 40.1. The van der Waals surface area contributed by atoms with Crippen molar-refractivity contribution in [2.24, 2.45) is 16.6 Å². The topological polar surface area (TPSA) is 166 Å². The lowest BCUT2D eigenvalue weighted by Gasteiger charge is -2.34. The number of benzene rings is 3. The monoisotopic (exact) mass is 532 g/mol. The Morgan fingerprint density at radius 2 is 1.56 bits per heavy atom. The fourth-order valence-corrected chi connectivity index (χ4v) is 4.27. The number of guanidine groups is 1. The Morgan fingerprint density at radius 1 is 1.00 bits per heavy atom. The molecule has 0 saturated heterocycles. The van der Waals surface area contributed by atoms with E-state index in [0.29, 0.717) is 12.2 Å². The van der Waals surface area contributed by atoms with Crippen molar-refractivity contribution in [2.75, 3.05) is 13.7 Å². The zero-order valence-corrected chi connectivity index (χ0v) is 21.6. The molecule has 0 aliphatic heterocycles. The molecule has 0 aliphatic carbocycles. The zero-order valence-electron chi connectivity index (χ0n) is 21.6. The lowest BCUT2D eigenvalue weighted by atomic mass is 9.89. The van der Waals surface area contributed by atoms with Gasteiger partial charge in [-0.15, -0.1) is 0 Å². The summed E-state index contributed by atoms with van der Waals surface area (Å²) in [7, 11) is 1.55. The van der Waals surface area contributed by atoms with E-state index in [2.05, 4.69) is 10.4 Å². The fraction of sp³-hybridized carbons (Fsp3) is 0.250. The summed E-state index contributed by atoms with van der Waals surface area (Å²) < 4.78 is 5.25. The number of ether oxygens (including phenoxy) is 1. The third kappa shape index (κ3) is 8.11. The molecule has 0 unspecified atom stereocenters. The summed E-state index contributed by atoms with van der Waals surface area (Å²) in [6.45, 7) is 0.349. The van der Waals surface area contributed by atoms with Gasteiger partial charge in [-0.1, -0.05) is 72.8 Å². The molecule has 0 aromatic heterocycles. The number of amides is 2. The number of methoxy groups -OCH3 is 1. The third-order valence-electron chi connectivity index (χ3n) is 6.11. The molecule has 11 nitrogen and oxygen atoms in total. The summed E-state index contributed by atoms with van der Waals surface area (Å²) >= 11 is 0. The van der Waals surface area contributed by atoms with Gasteiger partial charge in [-0.25, -0.2) is 10.1 Å². The van der Waals surface area contributed by atoms with Crippen LogP contribution in [0.15, 0.2) is 90.0 Å². The number of hydrazone groups is 1. The minimum atomic E-state index is -1.04. The molecule has 0 radical (unpaired) electrons. The molecule has 0 spiro atoms. The Morgan fingerprint density at radius 3 is 2.05 bits per heavy atom. The highest BCUT2D eigenvalue weighted by Gasteiger charge is 2.35. The summed E-state index contributed by atoms with van der Waals surface area (Å²) in [5, 5.41) is 15.0. The Hall–Kier alpha value is -4.77. The van der Waals surface area contributed by atoms with Crippen molar-refractivity contribution >= 4 is 17.8 Å². The highest BCUT2D eigenvalue weighted by atomic mass is 16.7. The van der Waals surface area contributed by atoms with Gasteiger partial charge in [0.2, 0.25) is 11.8 Å². The van der Waals surface area contributed by atoms with E-state index in [1.54, 1.807) is 31.4 Å². The molecule has 3 aromatic carbocycles. The highest BCUT2D eigenvalue weighted by Crippen LogP contribution is 2.29. The van der Waals surface area contributed by atoms with E-state index >= 15 is 0 Å². The first kappa shape index (κ1) is 28.8. The second kappa shape index (κ2) is 14.2. The van der Waals surface area contributed by atoms with Crippen molar-refractivity contribution in [3.8, 4) is 5.75 Å². The van der Waals surface area contributed by atoms with E-state index in [1.807, 2.05) is 60.7 Å². The molecule has 11 heteroatoms. The summed E-state index contributed by atoms with van der Waals surface area (Å²) in [5.41, 5.74) is 13.6. The van der Waals surface area contributed by atoms with Gasteiger partial charge in [-0.3, -0.25) is 14.9 Å². The van der Waals surface area contributed by atoms with Crippen molar-refractivity contribution in [1.29, 1.82) is 0 Å². The van der Waals surface area contributed by atoms with Gasteiger partial charge in [0.25, 0.3) is 5.96 Å². The predicted octanol–water partition coefficient (Wildman–Crippen LogP) is 2.59. The molecule has 3 rings (SSSR count). The van der Waals surface area contributed by atoms with Crippen molar-refractivity contribution in [1.82, 2.24) is 10.2 Å². The number of nitrogens with two attached hydrogens (primary N) is 2. The molecule has 0 bridgehead atoms. The van der Waals surface area contributed by atoms with Gasteiger partial charge >= 0.3 is 0 Å². The van der Waals surface area contributed by atoms with Gasteiger partial charge in [0.05, 0.1) is 13.0 Å². The molecule has 0 saturated carbocycles. The Bertz CT molecular complexity index is 1230. The van der Waals surface area contributed by atoms with E-state index in [-0.39, 0.29) is 25.4 Å². The van der Waals surface area contributed by atoms with Crippen LogP contribution in [0.2, 0.25) is 0 Å². The number of nitro groups is 1. The number of carbonyl (C=O) groups is 2. The van der Waals surface area contributed by atoms with Gasteiger partial charge < -0.3 is 21.1 Å². The number of rotatable bonds is 12. The SMILES string of the molecule is COc1ccc(CN(C(=O)C(c2ccccc2)c2ccccc2)[C@@H](CCCN)C(=O)NC(N)=N[N+](=O)[O-])cc1. The van der Waals surface area contributed by atoms with Crippen LogP contribution in [-0.2, 0) is 16.1 Å². The lowest BCUT2D eigenvalue weighted by molar-refractivity contribution is -0.485. The molecule has 2 amide bonds. The van der Waals surface area contributed by atoms with E-state index in [0.717, 1.165) is 16.7 Å². The Balaban J connectivity index is 2.10. The number of nitrogens with zero attached hydrogens (tertiary/aromatic N) is 3. The van der Waals surface area contributed by atoms with Crippen LogP contribution in [0, 0.1) is 10.1 Å². The fourth-order valence-electron chi connectivity index (χ4n) is 4.27. The molecule has 0 heterocycles. The minimum Gasteiger partial charge on any atom is -0.497 e. The van der Waals surface area contributed by atoms with Crippen LogP contribution in [0.3, 0.4) is 0 Å². The van der Waals surface area contributed by atoms with E-state index < -0.39 is 28.9 Å². The van der Waals surface area contributed by atoms with Crippen molar-refractivity contribution in [3.05, 3.63) is 112 Å². The van der Waals surface area contributed by atoms with Crippen LogP contribution in [0.25, 0.3) is 0 Å². The van der Waals surface area contributed by atoms with Gasteiger partial charge in [0.15, 0.2) is 5.03 Å². The quantitative estimate of drug-likeness (QED) is 0.139. The molecular weight excluding hydrogens is 500 g/mol. The van der Waals surface area contributed by atoms with Crippen molar-refractivity contribution in [2.45, 2.75) is 31.3 Å². The first-order chi connectivity index (χ1) is 18.8. The first-order valence-corrected chi connectivity index (χ1v) is 12.4. The molecule has 0 aliphatic rings. The van der Waals surface area contributed by atoms with Crippen LogP contribution < -0.4 is 21.5 Å². The van der Waals surface area contributed by atoms with Gasteiger partial charge in [0.1, 0.15) is 16.9 Å². The molecule has 39 heavy (non-hydrogen) atoms. The molecule has 3 aromatic rings. The summed E-state index contributed by atoms with van der Waals surface area (Å²) in [6, 6.07) is 24.6. The van der Waals surface area contributed by atoms with Crippen LogP contribution in [0.4, 0.5) is 0 Å². The van der Waals surface area contributed by atoms with Gasteiger partial charge in [-0.05, 0) is 48.2 Å². The number of nitrogens with one attached hydrogen (secondary N) is 1. The summed E-state index contributed by atoms with van der Waals surface area (Å²) in [5.74, 6) is -1.78. The highest BCUT2D eigenvalue weighted by molar-refractivity contribution is 6.00. The lowest BCUT2D eigenvalue weighted by Crippen LogP contribution is -2.53. The third-order valence-corrected chi connectivity index (χ3v) is 6.11. The first-order valence-electron chi connectivity index (χ1n) is 12.4. The molecule has 0 fully saturated rings. The second-order valence-electron chi connectivity index (χ2n) is 8.73. The van der Waals surface area contributed by atoms with E-state index in [4.69, 9.17) is 16.2 Å². The van der Waals surface area contributed by atoms with Crippen LogP contribution in [-0.4, -0.2) is 47.4 Å². The van der Waals surface area contributed by atoms with Crippen LogP contribution in [0.5, 0.6) is 5.75 Å². The summed E-state index contributed by atoms with van der Waals surface area (Å²) in [6.07, 6.45) is 0.615. The number of hydrogen-bond donors (Lipinski definition) is 3. The van der Waals surface area contributed by atoms with Crippen molar-refractivity contribution < 1.29 is 19.4 Å². The standard InChI is InChI=1S/C28H32N6O5/c1-39-23-16-14-20(15-17-23)19-33(24(13-8-18-29)26(35)31-28(30)32-34(37)38)27(36)25(21-9-4-2-5-10-21)22-11-6-3-7-12-22/h2-7,9-12,14-17,24-25H,8,13,18-19,29H2,1H3,(H3,30,31,32,35)/t24-/m0/s1. The molecular formula is C28H32N6O5. The minimum absolute atomic E-state index is 0.0773. The normalized spacial score (nSPS) is 12.0. The smallest absolute Gasteiger partial charge is 0.272 e. The molecule has 5 N–H and O–H groups in total. The maximum absolute atomic E-state index is 14.5. The van der Waals surface area contributed by atoms with Gasteiger partial charge in [-0.2, -0.15) is 0 Å². The number of carbonyl (C=O) groups excluding carboxylic acids is 2. The maximum Gasteiger partial charge on any atom is 0.272 e. The van der Waals surface area contributed by atoms with Crippen LogP contribution >= 0.6 is 0 Å². The molecule has 1 atom stereocenters. The maximum atomic E-state index is 14.5. The average Bonchev–Trinajstić information content (AvgIpc) is 2.93. The zero-order chi connectivity index (χ0) is 28.2. The van der Waals surface area contributed by atoms with Crippen molar-refractivity contribution in [3.63, 3.8) is 0 Å². The average molecular weight is 533 g/mol. The number of hydrogen-bond acceptors (Lipinski definition) is 6. The largest absolute Gasteiger partial charge is 0.497 e. The van der Waals surface area contributed by atoms with Gasteiger partial charge in [0, 0.05) is 6.54 Å². The Labute approximate surface area is 226 Å². The molecule has 204 valence electrons. The van der Waals surface area contributed by atoms with Crippen LogP contribution in [0.1, 0.15) is 35.4 Å². The van der Waals surface area contributed by atoms with E-state index in [9.17, 15) is 19.7 Å². The van der Waals surface area contributed by atoms with E-state index in [1.165, 1.54) is 4.90 Å². The second-order valence-corrected chi connectivity index (χ2v) is 8.73. The predicted molar refractivity (Wildman–Crippen MR) is 147 cm³/mol.